The molecule has 1 unspecified atom stereocenters. The molecule has 1 atom stereocenters. The molecule has 4 aromatic rings. The highest BCUT2D eigenvalue weighted by atomic mass is 19.1. The predicted octanol–water partition coefficient (Wildman–Crippen LogP) is 4.79. The van der Waals surface area contributed by atoms with Crippen LogP contribution < -0.4 is 15.8 Å². The number of hydrogen-bond acceptors (Lipinski definition) is 8. The Morgan fingerprint density at radius 1 is 1.27 bits per heavy atom. The van der Waals surface area contributed by atoms with E-state index in [1.807, 2.05) is 0 Å². The Balaban J connectivity index is 1.65. The van der Waals surface area contributed by atoms with Gasteiger partial charge in [-0.05, 0) is 51.5 Å². The summed E-state index contributed by atoms with van der Waals surface area (Å²) >= 11 is 0. The fourth-order valence-corrected chi connectivity index (χ4v) is 3.68. The van der Waals surface area contributed by atoms with Crippen LogP contribution in [0.4, 0.5) is 15.0 Å². The van der Waals surface area contributed by atoms with Crippen molar-refractivity contribution in [3.8, 4) is 22.9 Å². The summed E-state index contributed by atoms with van der Waals surface area (Å²) in [6.07, 6.45) is 5.69. The van der Waals surface area contributed by atoms with E-state index in [1.165, 1.54) is 24.7 Å². The number of benzene rings is 1. The zero-order chi connectivity index (χ0) is 26.7. The van der Waals surface area contributed by atoms with E-state index in [9.17, 15) is 4.79 Å². The van der Waals surface area contributed by atoms with Crippen molar-refractivity contribution in [1.29, 1.82) is 0 Å². The average Bonchev–Trinajstić information content (AvgIpc) is 3.18. The number of amides is 1. The molecule has 0 aliphatic carbocycles. The number of aryl methyl sites for hydroxylation is 1. The largest absolute Gasteiger partial charge is 0.444 e. The molecule has 3 aromatic heterocycles. The van der Waals surface area contributed by atoms with E-state index in [2.05, 4.69) is 31.8 Å². The van der Waals surface area contributed by atoms with Crippen LogP contribution in [0.3, 0.4) is 0 Å². The number of aromatic nitrogens is 5. The average molecular weight is 506 g/mol. The van der Waals surface area contributed by atoms with E-state index < -0.39 is 23.6 Å². The van der Waals surface area contributed by atoms with Crippen LogP contribution in [0.15, 0.2) is 55.6 Å². The van der Waals surface area contributed by atoms with Gasteiger partial charge in [-0.15, -0.1) is 6.58 Å². The molecule has 0 saturated carbocycles. The summed E-state index contributed by atoms with van der Waals surface area (Å²) in [4.78, 5) is 28.9. The highest BCUT2D eigenvalue weighted by Crippen LogP contribution is 2.35. The molecule has 0 spiro atoms. The van der Waals surface area contributed by atoms with Crippen LogP contribution in [-0.4, -0.2) is 42.2 Å². The Morgan fingerprint density at radius 2 is 2.05 bits per heavy atom. The molecule has 3 heterocycles. The van der Waals surface area contributed by atoms with Gasteiger partial charge in [0.05, 0.1) is 11.4 Å². The van der Waals surface area contributed by atoms with Crippen LogP contribution in [-0.2, 0) is 11.3 Å². The lowest BCUT2D eigenvalue weighted by atomic mass is 10.1. The maximum Gasteiger partial charge on any atom is 0.408 e. The minimum Gasteiger partial charge on any atom is -0.444 e. The molecule has 0 aliphatic heterocycles. The number of nitrogens with two attached hydrogens (primary N) is 1. The third kappa shape index (κ3) is 6.00. The third-order valence-electron chi connectivity index (χ3n) is 5.28. The van der Waals surface area contributed by atoms with Gasteiger partial charge in [-0.3, -0.25) is 0 Å². The fraction of sp³-hybridized carbons (Fsp3) is 0.269. The topological polar surface area (TPSA) is 130 Å². The number of carbonyl (C=O) groups excluding carboxylic acids is 1. The zero-order valence-electron chi connectivity index (χ0n) is 21.0. The maximum atomic E-state index is 15.0. The van der Waals surface area contributed by atoms with E-state index in [-0.39, 0.29) is 24.1 Å². The van der Waals surface area contributed by atoms with Crippen molar-refractivity contribution in [2.75, 3.05) is 5.73 Å². The summed E-state index contributed by atoms with van der Waals surface area (Å²) in [7, 11) is 0. The molecule has 0 bridgehead atoms. The molecule has 1 amide bonds. The second-order valence-electron chi connectivity index (χ2n) is 9.37. The van der Waals surface area contributed by atoms with Crippen LogP contribution in [0, 0.1) is 12.7 Å². The minimum absolute atomic E-state index is 0.0180. The molecular weight excluding hydrogens is 477 g/mol. The molecule has 0 radical (unpaired) electrons. The molecule has 0 fully saturated rings. The lowest BCUT2D eigenvalue weighted by Gasteiger charge is -2.22. The highest BCUT2D eigenvalue weighted by molar-refractivity contribution is 6.00. The maximum absolute atomic E-state index is 15.0. The lowest BCUT2D eigenvalue weighted by Crippen LogP contribution is -2.40. The Labute approximate surface area is 213 Å². The first-order chi connectivity index (χ1) is 17.5. The number of alkyl carbamates (subject to hydrolysis) is 1. The molecule has 4 rings (SSSR count). The summed E-state index contributed by atoms with van der Waals surface area (Å²) in [5.41, 5.74) is 7.93. The van der Waals surface area contributed by atoms with E-state index in [4.69, 9.17) is 15.2 Å². The standard InChI is InChI=1S/C26H28FN7O3/c1-6-17(33-25(35)37-26(3,4)5)12-34-13-18(21-22(28)30-14-31-23(21)34)16-7-8-20(19(27)11-16)36-24-29-10-9-15(2)32-24/h6-11,13-14,17H,1,12H2,2-5H3,(H,33,35)(H2,28,30,31). The Kier molecular flexibility index (Phi) is 7.05. The van der Waals surface area contributed by atoms with Gasteiger partial charge in [0.15, 0.2) is 11.6 Å². The van der Waals surface area contributed by atoms with Crippen molar-refractivity contribution in [2.24, 2.45) is 0 Å². The van der Waals surface area contributed by atoms with Gasteiger partial charge in [0.25, 0.3) is 0 Å². The highest BCUT2D eigenvalue weighted by Gasteiger charge is 2.21. The van der Waals surface area contributed by atoms with Gasteiger partial charge in [0, 0.05) is 30.2 Å². The number of ether oxygens (including phenoxy) is 2. The molecule has 0 aliphatic rings. The summed E-state index contributed by atoms with van der Waals surface area (Å²) in [5.74, 6) is -0.382. The van der Waals surface area contributed by atoms with E-state index in [1.54, 1.807) is 56.7 Å². The SMILES string of the molecule is C=CC(Cn1cc(-c2ccc(Oc3nccc(C)n3)c(F)c2)c2c(N)ncnc21)NC(=O)OC(C)(C)C. The van der Waals surface area contributed by atoms with Crippen molar-refractivity contribution in [3.05, 3.63) is 67.2 Å². The van der Waals surface area contributed by atoms with E-state index in [0.717, 1.165) is 0 Å². The normalized spacial score (nSPS) is 12.2. The quantitative estimate of drug-likeness (QED) is 0.343. The first-order valence-electron chi connectivity index (χ1n) is 11.5. The van der Waals surface area contributed by atoms with Crippen molar-refractivity contribution in [3.63, 3.8) is 0 Å². The van der Waals surface area contributed by atoms with Gasteiger partial charge in [-0.25, -0.2) is 29.1 Å². The molecular formula is C26H28FN7O3. The van der Waals surface area contributed by atoms with Crippen LogP contribution >= 0.6 is 0 Å². The number of halogens is 1. The van der Waals surface area contributed by atoms with E-state index in [0.29, 0.717) is 27.9 Å². The number of fused-ring (bicyclic) bond motifs is 1. The van der Waals surface area contributed by atoms with Crippen molar-refractivity contribution in [1.82, 2.24) is 29.8 Å². The Morgan fingerprint density at radius 3 is 2.73 bits per heavy atom. The van der Waals surface area contributed by atoms with Crippen LogP contribution in [0.2, 0.25) is 0 Å². The summed E-state index contributed by atoms with van der Waals surface area (Å²) in [6, 6.07) is 5.82. The van der Waals surface area contributed by atoms with E-state index >= 15 is 4.39 Å². The molecule has 192 valence electrons. The number of anilines is 1. The second-order valence-corrected chi connectivity index (χ2v) is 9.37. The number of carbonyl (C=O) groups is 1. The summed E-state index contributed by atoms with van der Waals surface area (Å²) < 4.78 is 27.7. The summed E-state index contributed by atoms with van der Waals surface area (Å²) in [5, 5.41) is 3.33. The number of nitrogens with one attached hydrogen (secondary N) is 1. The minimum atomic E-state index is -0.643. The predicted molar refractivity (Wildman–Crippen MR) is 138 cm³/mol. The molecule has 37 heavy (non-hydrogen) atoms. The Hall–Kier alpha value is -4.54. The van der Waals surface area contributed by atoms with Gasteiger partial charge in [0.1, 0.15) is 23.4 Å². The molecule has 1 aromatic carbocycles. The van der Waals surface area contributed by atoms with Crippen LogP contribution in [0.1, 0.15) is 26.5 Å². The first-order valence-corrected chi connectivity index (χ1v) is 11.5. The van der Waals surface area contributed by atoms with Gasteiger partial charge in [0.2, 0.25) is 0 Å². The zero-order valence-corrected chi connectivity index (χ0v) is 21.0. The van der Waals surface area contributed by atoms with Gasteiger partial charge >= 0.3 is 12.1 Å². The Bertz CT molecular complexity index is 1460. The van der Waals surface area contributed by atoms with Crippen molar-refractivity contribution in [2.45, 2.75) is 45.9 Å². The smallest absolute Gasteiger partial charge is 0.408 e. The molecule has 10 nitrogen and oxygen atoms in total. The fourth-order valence-electron chi connectivity index (χ4n) is 3.68. The van der Waals surface area contributed by atoms with Crippen LogP contribution in [0.25, 0.3) is 22.2 Å². The van der Waals surface area contributed by atoms with Gasteiger partial charge < -0.3 is 25.1 Å². The first kappa shape index (κ1) is 25.5. The molecule has 11 heteroatoms. The van der Waals surface area contributed by atoms with Crippen LogP contribution in [0.5, 0.6) is 11.8 Å². The molecule has 3 N–H and O–H groups in total. The number of hydrogen-bond donors (Lipinski definition) is 2. The van der Waals surface area contributed by atoms with Gasteiger partial charge in [-0.1, -0.05) is 12.1 Å². The second kappa shape index (κ2) is 10.2. The van der Waals surface area contributed by atoms with Crippen molar-refractivity contribution >= 4 is 22.9 Å². The third-order valence-corrected chi connectivity index (χ3v) is 5.28. The summed E-state index contributed by atoms with van der Waals surface area (Å²) in [6.45, 7) is 11.2. The number of nitrogen functional groups attached to an aromatic ring is 1. The lowest BCUT2D eigenvalue weighted by molar-refractivity contribution is 0.0511. The number of nitrogens with zero attached hydrogens (tertiary/aromatic N) is 5. The van der Waals surface area contributed by atoms with Gasteiger partial charge in [-0.2, -0.15) is 0 Å². The molecule has 0 saturated heterocycles. The number of rotatable bonds is 7. The van der Waals surface area contributed by atoms with Crippen molar-refractivity contribution < 1.29 is 18.7 Å². The monoisotopic (exact) mass is 505 g/mol.